The fourth-order valence-electron chi connectivity index (χ4n) is 2.27. The SMILES string of the molecule is C[C@@H](NC(=O)c1ccc(NC(=O)[C@]2(C)CCCO2)cc1)C(=O)O. The molecule has 0 aromatic heterocycles. The first-order valence-corrected chi connectivity index (χ1v) is 7.41. The molecule has 1 aliphatic heterocycles. The van der Waals surface area contributed by atoms with E-state index in [1.54, 1.807) is 19.1 Å². The molecule has 1 aromatic rings. The molecular weight excluding hydrogens is 300 g/mol. The molecule has 7 nitrogen and oxygen atoms in total. The van der Waals surface area contributed by atoms with Crippen molar-refractivity contribution < 1.29 is 24.2 Å². The van der Waals surface area contributed by atoms with Crippen LogP contribution in [0.25, 0.3) is 0 Å². The quantitative estimate of drug-likeness (QED) is 0.760. The van der Waals surface area contributed by atoms with Gasteiger partial charge in [0.25, 0.3) is 11.8 Å². The average molecular weight is 320 g/mol. The second kappa shape index (κ2) is 6.78. The molecule has 7 heteroatoms. The highest BCUT2D eigenvalue weighted by Gasteiger charge is 2.37. The van der Waals surface area contributed by atoms with E-state index < -0.39 is 23.5 Å². The van der Waals surface area contributed by atoms with Crippen LogP contribution in [0.5, 0.6) is 0 Å². The van der Waals surface area contributed by atoms with Gasteiger partial charge in [-0.15, -0.1) is 0 Å². The maximum Gasteiger partial charge on any atom is 0.325 e. The lowest BCUT2D eigenvalue weighted by Gasteiger charge is -2.21. The summed E-state index contributed by atoms with van der Waals surface area (Å²) in [5, 5.41) is 13.9. The van der Waals surface area contributed by atoms with Crippen LogP contribution >= 0.6 is 0 Å². The lowest BCUT2D eigenvalue weighted by molar-refractivity contribution is -0.138. The van der Waals surface area contributed by atoms with E-state index in [4.69, 9.17) is 9.84 Å². The van der Waals surface area contributed by atoms with Gasteiger partial charge in [-0.25, -0.2) is 0 Å². The zero-order chi connectivity index (χ0) is 17.0. The summed E-state index contributed by atoms with van der Waals surface area (Å²) in [6, 6.07) is 5.27. The molecular formula is C16H20N2O5. The molecule has 0 radical (unpaired) electrons. The van der Waals surface area contributed by atoms with Gasteiger partial charge in [0.15, 0.2) is 0 Å². The normalized spacial score (nSPS) is 21.5. The van der Waals surface area contributed by atoms with Crippen LogP contribution in [0.4, 0.5) is 5.69 Å². The van der Waals surface area contributed by atoms with Crippen molar-refractivity contribution in [3.63, 3.8) is 0 Å². The molecule has 1 heterocycles. The number of nitrogens with one attached hydrogen (secondary N) is 2. The molecule has 2 rings (SSSR count). The molecule has 0 saturated carbocycles. The van der Waals surface area contributed by atoms with Crippen molar-refractivity contribution in [1.82, 2.24) is 5.32 Å². The zero-order valence-corrected chi connectivity index (χ0v) is 13.1. The Labute approximate surface area is 134 Å². The molecule has 1 saturated heterocycles. The molecule has 124 valence electrons. The number of amides is 2. The summed E-state index contributed by atoms with van der Waals surface area (Å²) < 4.78 is 5.47. The van der Waals surface area contributed by atoms with Gasteiger partial charge >= 0.3 is 5.97 Å². The second-order valence-electron chi connectivity index (χ2n) is 5.75. The van der Waals surface area contributed by atoms with Gasteiger partial charge in [0.05, 0.1) is 0 Å². The Morgan fingerprint density at radius 1 is 1.26 bits per heavy atom. The van der Waals surface area contributed by atoms with Crippen LogP contribution in [0.15, 0.2) is 24.3 Å². The highest BCUT2D eigenvalue weighted by atomic mass is 16.5. The van der Waals surface area contributed by atoms with Crippen molar-refractivity contribution in [3.05, 3.63) is 29.8 Å². The number of rotatable bonds is 5. The smallest absolute Gasteiger partial charge is 0.325 e. The third-order valence-electron chi connectivity index (χ3n) is 3.82. The van der Waals surface area contributed by atoms with Crippen molar-refractivity contribution in [2.45, 2.75) is 38.3 Å². The molecule has 23 heavy (non-hydrogen) atoms. The number of hydrogen-bond donors (Lipinski definition) is 3. The Balaban J connectivity index is 1.98. The van der Waals surface area contributed by atoms with E-state index in [1.807, 2.05) is 0 Å². The van der Waals surface area contributed by atoms with E-state index in [9.17, 15) is 14.4 Å². The van der Waals surface area contributed by atoms with E-state index in [1.165, 1.54) is 19.1 Å². The minimum Gasteiger partial charge on any atom is -0.480 e. The van der Waals surface area contributed by atoms with Crippen LogP contribution in [0.3, 0.4) is 0 Å². The van der Waals surface area contributed by atoms with Crippen molar-refractivity contribution in [3.8, 4) is 0 Å². The number of aliphatic carboxylic acids is 1. The first kappa shape index (κ1) is 17.0. The number of ether oxygens (including phenoxy) is 1. The first-order chi connectivity index (χ1) is 10.8. The number of carboxylic acids is 1. The molecule has 0 spiro atoms. The second-order valence-corrected chi connectivity index (χ2v) is 5.75. The fourth-order valence-corrected chi connectivity index (χ4v) is 2.27. The summed E-state index contributed by atoms with van der Waals surface area (Å²) in [4.78, 5) is 34.8. The van der Waals surface area contributed by atoms with Crippen molar-refractivity contribution in [2.75, 3.05) is 11.9 Å². The maximum absolute atomic E-state index is 12.2. The van der Waals surface area contributed by atoms with E-state index in [0.717, 1.165) is 6.42 Å². The standard InChI is InChI=1S/C16H20N2O5/c1-10(14(20)21)17-13(19)11-4-6-12(7-5-11)18-15(22)16(2)8-3-9-23-16/h4-7,10H,3,8-9H2,1-2H3,(H,17,19)(H,18,22)(H,20,21)/t10-,16+/m1/s1. The van der Waals surface area contributed by atoms with Crippen molar-refractivity contribution in [1.29, 1.82) is 0 Å². The minimum absolute atomic E-state index is 0.216. The van der Waals surface area contributed by atoms with Gasteiger partial charge < -0.3 is 20.5 Å². The summed E-state index contributed by atoms with van der Waals surface area (Å²) in [5.74, 6) is -1.80. The zero-order valence-electron chi connectivity index (χ0n) is 13.1. The van der Waals surface area contributed by atoms with Crippen LogP contribution in [0.1, 0.15) is 37.0 Å². The summed E-state index contributed by atoms with van der Waals surface area (Å²) in [6.45, 7) is 3.71. The Kier molecular flexibility index (Phi) is 5.00. The first-order valence-electron chi connectivity index (χ1n) is 7.41. The van der Waals surface area contributed by atoms with Crippen LogP contribution in [-0.4, -0.2) is 41.1 Å². The van der Waals surface area contributed by atoms with Gasteiger partial charge in [-0.3, -0.25) is 14.4 Å². The lowest BCUT2D eigenvalue weighted by atomic mass is 10.0. The summed E-state index contributed by atoms with van der Waals surface area (Å²) in [5.41, 5.74) is 0.0569. The molecule has 2 amide bonds. The molecule has 3 N–H and O–H groups in total. The lowest BCUT2D eigenvalue weighted by Crippen LogP contribution is -2.39. The number of hydrogen-bond acceptors (Lipinski definition) is 4. The average Bonchev–Trinajstić information content (AvgIpc) is 2.96. The van der Waals surface area contributed by atoms with E-state index in [0.29, 0.717) is 24.3 Å². The Morgan fingerprint density at radius 3 is 2.43 bits per heavy atom. The third kappa shape index (κ3) is 4.07. The van der Waals surface area contributed by atoms with Gasteiger partial charge in [-0.1, -0.05) is 0 Å². The number of benzene rings is 1. The van der Waals surface area contributed by atoms with Gasteiger partial charge in [-0.2, -0.15) is 0 Å². The summed E-state index contributed by atoms with van der Waals surface area (Å²) in [7, 11) is 0. The van der Waals surface area contributed by atoms with E-state index in [-0.39, 0.29) is 5.91 Å². The molecule has 0 aliphatic carbocycles. The largest absolute Gasteiger partial charge is 0.480 e. The van der Waals surface area contributed by atoms with Crippen LogP contribution in [0.2, 0.25) is 0 Å². The number of carboxylic acid groups (broad SMARTS) is 1. The minimum atomic E-state index is -1.10. The number of anilines is 1. The van der Waals surface area contributed by atoms with E-state index >= 15 is 0 Å². The Bertz CT molecular complexity index is 605. The van der Waals surface area contributed by atoms with Crippen molar-refractivity contribution in [2.24, 2.45) is 0 Å². The van der Waals surface area contributed by atoms with Crippen LogP contribution in [-0.2, 0) is 14.3 Å². The van der Waals surface area contributed by atoms with Crippen LogP contribution in [0, 0.1) is 0 Å². The molecule has 1 aromatic carbocycles. The van der Waals surface area contributed by atoms with Gasteiger partial charge in [0, 0.05) is 17.9 Å². The molecule has 0 bridgehead atoms. The Morgan fingerprint density at radius 2 is 1.91 bits per heavy atom. The monoisotopic (exact) mass is 320 g/mol. The summed E-state index contributed by atoms with van der Waals surface area (Å²) >= 11 is 0. The highest BCUT2D eigenvalue weighted by molar-refractivity contribution is 5.99. The van der Waals surface area contributed by atoms with Crippen LogP contribution < -0.4 is 10.6 Å². The third-order valence-corrected chi connectivity index (χ3v) is 3.82. The molecule has 0 unspecified atom stereocenters. The predicted molar refractivity (Wildman–Crippen MR) is 83.2 cm³/mol. The van der Waals surface area contributed by atoms with Crippen molar-refractivity contribution >= 4 is 23.5 Å². The number of carbonyl (C=O) groups is 3. The molecule has 1 aliphatic rings. The topological polar surface area (TPSA) is 105 Å². The predicted octanol–water partition coefficient (Wildman–Crippen LogP) is 1.40. The molecule has 2 atom stereocenters. The maximum atomic E-state index is 12.2. The van der Waals surface area contributed by atoms with Gasteiger partial charge in [0.1, 0.15) is 11.6 Å². The fraction of sp³-hybridized carbons (Fsp3) is 0.438. The van der Waals surface area contributed by atoms with E-state index in [2.05, 4.69) is 10.6 Å². The van der Waals surface area contributed by atoms with Gasteiger partial charge in [0.2, 0.25) is 0 Å². The summed E-state index contributed by atoms with van der Waals surface area (Å²) in [6.07, 6.45) is 1.52. The number of carbonyl (C=O) groups excluding carboxylic acids is 2. The highest BCUT2D eigenvalue weighted by Crippen LogP contribution is 2.26. The Hall–Kier alpha value is -2.41. The van der Waals surface area contributed by atoms with Gasteiger partial charge in [-0.05, 0) is 51.0 Å². The molecule has 1 fully saturated rings.